The van der Waals surface area contributed by atoms with Gasteiger partial charge in [-0.2, -0.15) is 0 Å². The van der Waals surface area contributed by atoms with E-state index in [2.05, 4.69) is 16.5 Å². The SMILES string of the molecule is CCc1nccn1Cc1cc(N)ccc1Cl. The molecule has 0 radical (unpaired) electrons. The fourth-order valence-electron chi connectivity index (χ4n) is 1.70. The predicted molar refractivity (Wildman–Crippen MR) is 66.6 cm³/mol. The van der Waals surface area contributed by atoms with Crippen molar-refractivity contribution in [2.75, 3.05) is 5.73 Å². The van der Waals surface area contributed by atoms with E-state index < -0.39 is 0 Å². The van der Waals surface area contributed by atoms with Crippen molar-refractivity contribution >= 4 is 17.3 Å². The zero-order valence-corrected chi connectivity index (χ0v) is 9.91. The molecule has 0 aliphatic carbocycles. The summed E-state index contributed by atoms with van der Waals surface area (Å²) < 4.78 is 2.08. The molecule has 84 valence electrons. The van der Waals surface area contributed by atoms with Crippen molar-refractivity contribution in [3.8, 4) is 0 Å². The number of aryl methyl sites for hydroxylation is 1. The zero-order chi connectivity index (χ0) is 11.5. The highest BCUT2D eigenvalue weighted by atomic mass is 35.5. The topological polar surface area (TPSA) is 43.8 Å². The van der Waals surface area contributed by atoms with Crippen LogP contribution in [-0.2, 0) is 13.0 Å². The Morgan fingerprint density at radius 2 is 2.25 bits per heavy atom. The molecule has 2 rings (SSSR count). The van der Waals surface area contributed by atoms with Crippen LogP contribution < -0.4 is 5.73 Å². The average Bonchev–Trinajstić information content (AvgIpc) is 2.71. The Kier molecular flexibility index (Phi) is 3.15. The number of nitrogen functional groups attached to an aromatic ring is 1. The van der Waals surface area contributed by atoms with Crippen molar-refractivity contribution < 1.29 is 0 Å². The van der Waals surface area contributed by atoms with E-state index in [-0.39, 0.29) is 0 Å². The third-order valence-corrected chi connectivity index (χ3v) is 2.90. The van der Waals surface area contributed by atoms with Gasteiger partial charge in [-0.1, -0.05) is 18.5 Å². The first-order valence-corrected chi connectivity index (χ1v) is 5.62. The van der Waals surface area contributed by atoms with Gasteiger partial charge >= 0.3 is 0 Å². The van der Waals surface area contributed by atoms with Crippen LogP contribution in [0.15, 0.2) is 30.6 Å². The summed E-state index contributed by atoms with van der Waals surface area (Å²) in [6, 6.07) is 5.54. The summed E-state index contributed by atoms with van der Waals surface area (Å²) in [5.74, 6) is 1.05. The second kappa shape index (κ2) is 4.58. The number of aromatic nitrogens is 2. The quantitative estimate of drug-likeness (QED) is 0.832. The minimum absolute atomic E-state index is 0.715. The fourth-order valence-corrected chi connectivity index (χ4v) is 1.88. The Labute approximate surface area is 99.9 Å². The highest BCUT2D eigenvalue weighted by Crippen LogP contribution is 2.20. The molecule has 0 atom stereocenters. The Hall–Kier alpha value is -1.48. The lowest BCUT2D eigenvalue weighted by Gasteiger charge is -2.09. The molecule has 0 fully saturated rings. The van der Waals surface area contributed by atoms with Gasteiger partial charge in [-0.3, -0.25) is 0 Å². The fraction of sp³-hybridized carbons (Fsp3) is 0.250. The molecule has 1 aromatic carbocycles. The molecule has 0 aliphatic rings. The molecule has 2 aromatic rings. The summed E-state index contributed by atoms with van der Waals surface area (Å²) in [5.41, 5.74) is 7.50. The lowest BCUT2D eigenvalue weighted by molar-refractivity contribution is 0.732. The van der Waals surface area contributed by atoms with Crippen LogP contribution in [0.2, 0.25) is 5.02 Å². The largest absolute Gasteiger partial charge is 0.399 e. The van der Waals surface area contributed by atoms with Crippen LogP contribution in [0.1, 0.15) is 18.3 Å². The molecule has 0 unspecified atom stereocenters. The van der Waals surface area contributed by atoms with Crippen LogP contribution in [0.3, 0.4) is 0 Å². The standard InChI is InChI=1S/C12H14ClN3/c1-2-12-15-5-6-16(12)8-9-7-10(14)3-4-11(9)13/h3-7H,2,8,14H2,1H3. The maximum absolute atomic E-state index is 6.12. The van der Waals surface area contributed by atoms with Gasteiger partial charge in [0.25, 0.3) is 0 Å². The number of hydrogen-bond acceptors (Lipinski definition) is 2. The van der Waals surface area contributed by atoms with Crippen LogP contribution in [0, 0.1) is 0 Å². The van der Waals surface area contributed by atoms with Crippen molar-refractivity contribution in [1.29, 1.82) is 0 Å². The van der Waals surface area contributed by atoms with Gasteiger partial charge in [0.1, 0.15) is 5.82 Å². The Morgan fingerprint density at radius 1 is 1.44 bits per heavy atom. The number of nitrogens with two attached hydrogens (primary N) is 1. The van der Waals surface area contributed by atoms with Crippen molar-refractivity contribution in [1.82, 2.24) is 9.55 Å². The molecule has 0 saturated carbocycles. The monoisotopic (exact) mass is 235 g/mol. The van der Waals surface area contributed by atoms with Gasteiger partial charge in [0.05, 0.1) is 6.54 Å². The van der Waals surface area contributed by atoms with Crippen molar-refractivity contribution in [2.24, 2.45) is 0 Å². The lowest BCUT2D eigenvalue weighted by Crippen LogP contribution is -2.04. The van der Waals surface area contributed by atoms with Gasteiger partial charge in [-0.25, -0.2) is 4.98 Å². The second-order valence-corrected chi connectivity index (χ2v) is 4.08. The van der Waals surface area contributed by atoms with E-state index in [4.69, 9.17) is 17.3 Å². The number of halogens is 1. The van der Waals surface area contributed by atoms with Gasteiger partial charge in [0.2, 0.25) is 0 Å². The number of nitrogens with zero attached hydrogens (tertiary/aromatic N) is 2. The number of rotatable bonds is 3. The Morgan fingerprint density at radius 3 is 3.00 bits per heavy atom. The average molecular weight is 236 g/mol. The first kappa shape index (κ1) is 11.0. The van der Waals surface area contributed by atoms with Crippen LogP contribution >= 0.6 is 11.6 Å². The first-order valence-electron chi connectivity index (χ1n) is 5.24. The molecule has 0 aliphatic heterocycles. The molecular weight excluding hydrogens is 222 g/mol. The Balaban J connectivity index is 2.30. The van der Waals surface area contributed by atoms with E-state index >= 15 is 0 Å². The van der Waals surface area contributed by atoms with Crippen molar-refractivity contribution in [3.63, 3.8) is 0 Å². The molecule has 4 heteroatoms. The Bertz CT molecular complexity index is 491. The summed E-state index contributed by atoms with van der Waals surface area (Å²) in [5, 5.41) is 0.741. The van der Waals surface area contributed by atoms with E-state index in [0.29, 0.717) is 6.54 Å². The maximum Gasteiger partial charge on any atom is 0.108 e. The molecule has 1 aromatic heterocycles. The van der Waals surface area contributed by atoms with Crippen LogP contribution in [0.5, 0.6) is 0 Å². The van der Waals surface area contributed by atoms with Gasteiger partial charge in [0, 0.05) is 29.5 Å². The van der Waals surface area contributed by atoms with E-state index in [1.807, 2.05) is 18.3 Å². The van der Waals surface area contributed by atoms with E-state index in [0.717, 1.165) is 28.5 Å². The van der Waals surface area contributed by atoms with Crippen LogP contribution in [0.4, 0.5) is 5.69 Å². The minimum atomic E-state index is 0.715. The van der Waals surface area contributed by atoms with Crippen molar-refractivity contribution in [2.45, 2.75) is 19.9 Å². The van der Waals surface area contributed by atoms with Crippen LogP contribution in [0.25, 0.3) is 0 Å². The summed E-state index contributed by atoms with van der Waals surface area (Å²) in [4.78, 5) is 4.27. The number of benzene rings is 1. The summed E-state index contributed by atoms with van der Waals surface area (Å²) in [7, 11) is 0. The lowest BCUT2D eigenvalue weighted by atomic mass is 10.2. The third kappa shape index (κ3) is 2.19. The third-order valence-electron chi connectivity index (χ3n) is 2.53. The van der Waals surface area contributed by atoms with Gasteiger partial charge in [-0.15, -0.1) is 0 Å². The van der Waals surface area contributed by atoms with Crippen LogP contribution in [-0.4, -0.2) is 9.55 Å². The molecular formula is C12H14ClN3. The normalized spacial score (nSPS) is 10.6. The van der Waals surface area contributed by atoms with Gasteiger partial charge in [-0.05, 0) is 23.8 Å². The molecule has 0 spiro atoms. The van der Waals surface area contributed by atoms with Gasteiger partial charge in [0.15, 0.2) is 0 Å². The zero-order valence-electron chi connectivity index (χ0n) is 9.15. The molecule has 2 N–H and O–H groups in total. The summed E-state index contributed by atoms with van der Waals surface area (Å²) >= 11 is 6.12. The molecule has 16 heavy (non-hydrogen) atoms. The highest BCUT2D eigenvalue weighted by Gasteiger charge is 2.05. The van der Waals surface area contributed by atoms with E-state index in [1.165, 1.54) is 0 Å². The molecule has 1 heterocycles. The highest BCUT2D eigenvalue weighted by molar-refractivity contribution is 6.31. The number of hydrogen-bond donors (Lipinski definition) is 1. The number of anilines is 1. The molecule has 0 bridgehead atoms. The first-order chi connectivity index (χ1) is 7.70. The van der Waals surface area contributed by atoms with E-state index in [1.54, 1.807) is 12.3 Å². The second-order valence-electron chi connectivity index (χ2n) is 3.68. The predicted octanol–water partition coefficient (Wildman–Crippen LogP) is 2.73. The smallest absolute Gasteiger partial charge is 0.108 e. The molecule has 0 saturated heterocycles. The summed E-state index contributed by atoms with van der Waals surface area (Å²) in [6.45, 7) is 2.80. The number of imidazole rings is 1. The molecule has 3 nitrogen and oxygen atoms in total. The maximum atomic E-state index is 6.12. The summed E-state index contributed by atoms with van der Waals surface area (Å²) in [6.07, 6.45) is 4.67. The molecule has 0 amide bonds. The van der Waals surface area contributed by atoms with Crippen molar-refractivity contribution in [3.05, 3.63) is 47.0 Å². The van der Waals surface area contributed by atoms with E-state index in [9.17, 15) is 0 Å². The minimum Gasteiger partial charge on any atom is -0.399 e. The van der Waals surface area contributed by atoms with Gasteiger partial charge < -0.3 is 10.3 Å².